The Hall–Kier alpha value is -4.19. The van der Waals surface area contributed by atoms with Crippen LogP contribution < -0.4 is 0 Å². The molecule has 0 atom stereocenters. The molecule has 6 heteroatoms. The third kappa shape index (κ3) is 2.96. The summed E-state index contributed by atoms with van der Waals surface area (Å²) in [6, 6.07) is 14.7. The molecule has 3 N–H and O–H groups in total. The average Bonchev–Trinajstić information content (AvgIpc) is 2.71. The van der Waals surface area contributed by atoms with Crippen molar-refractivity contribution in [1.82, 2.24) is 0 Å². The van der Waals surface area contributed by atoms with Gasteiger partial charge in [0.1, 0.15) is 16.9 Å². The lowest BCUT2D eigenvalue weighted by atomic mass is 9.85. The van der Waals surface area contributed by atoms with Crippen LogP contribution in [0.1, 0.15) is 31.8 Å². The second-order valence-electron chi connectivity index (χ2n) is 6.55. The van der Waals surface area contributed by atoms with Gasteiger partial charge in [-0.15, -0.1) is 0 Å². The number of ketones is 1. The second-order valence-corrected chi connectivity index (χ2v) is 6.55. The first-order valence-electron chi connectivity index (χ1n) is 8.67. The molecule has 0 spiro atoms. The Balaban J connectivity index is 2.04. The number of benzene rings is 3. The van der Waals surface area contributed by atoms with Gasteiger partial charge in [-0.1, -0.05) is 48.5 Å². The van der Waals surface area contributed by atoms with E-state index in [2.05, 4.69) is 0 Å². The van der Waals surface area contributed by atoms with E-state index < -0.39 is 17.7 Å². The average molecular weight is 386 g/mol. The van der Waals surface area contributed by atoms with Gasteiger partial charge in [0.25, 0.3) is 0 Å². The van der Waals surface area contributed by atoms with E-state index in [0.717, 1.165) is 0 Å². The number of allylic oxidation sites excluding steroid dienone is 2. The first kappa shape index (κ1) is 18.2. The maximum atomic E-state index is 12.5. The van der Waals surface area contributed by atoms with Gasteiger partial charge in [0, 0.05) is 10.9 Å². The summed E-state index contributed by atoms with van der Waals surface area (Å²) in [6.45, 7) is 0. The van der Waals surface area contributed by atoms with Crippen molar-refractivity contribution in [1.29, 1.82) is 0 Å². The number of fused-ring (bicyclic) bond motifs is 2. The van der Waals surface area contributed by atoms with Gasteiger partial charge in [0.15, 0.2) is 0 Å². The van der Waals surface area contributed by atoms with E-state index in [0.29, 0.717) is 27.5 Å². The number of aromatic hydroxyl groups is 1. The molecule has 0 saturated heterocycles. The quantitative estimate of drug-likeness (QED) is 0.587. The number of carboxylic acids is 2. The lowest BCUT2D eigenvalue weighted by molar-refractivity contribution is -0.132. The Morgan fingerprint density at radius 2 is 1.45 bits per heavy atom. The van der Waals surface area contributed by atoms with Crippen LogP contribution in [0.25, 0.3) is 22.4 Å². The van der Waals surface area contributed by atoms with Crippen LogP contribution in [-0.4, -0.2) is 33.0 Å². The monoisotopic (exact) mass is 386 g/mol. The molecule has 142 valence electrons. The highest BCUT2D eigenvalue weighted by molar-refractivity contribution is 6.29. The minimum absolute atomic E-state index is 0.264. The van der Waals surface area contributed by atoms with Crippen LogP contribution in [0.15, 0.2) is 66.2 Å². The molecule has 4 rings (SSSR count). The van der Waals surface area contributed by atoms with Gasteiger partial charge in [-0.3, -0.25) is 4.79 Å². The van der Waals surface area contributed by atoms with Crippen molar-refractivity contribution >= 4 is 40.1 Å². The summed E-state index contributed by atoms with van der Waals surface area (Å²) in [5.41, 5.74) is 1.13. The minimum atomic E-state index is -1.34. The van der Waals surface area contributed by atoms with Crippen LogP contribution in [0.2, 0.25) is 0 Å². The molecular formula is C23H14O6. The first-order valence-corrected chi connectivity index (χ1v) is 8.67. The zero-order valence-corrected chi connectivity index (χ0v) is 14.9. The van der Waals surface area contributed by atoms with Crippen molar-refractivity contribution < 1.29 is 29.7 Å². The van der Waals surface area contributed by atoms with Gasteiger partial charge in [-0.2, -0.15) is 0 Å². The predicted octanol–water partition coefficient (Wildman–Crippen LogP) is 3.99. The van der Waals surface area contributed by atoms with Gasteiger partial charge < -0.3 is 15.3 Å². The maximum absolute atomic E-state index is 12.5. The number of carboxylic acid groups (broad SMARTS) is 2. The summed E-state index contributed by atoms with van der Waals surface area (Å²) in [5, 5.41) is 30.1. The molecule has 0 bridgehead atoms. The molecule has 29 heavy (non-hydrogen) atoms. The number of phenols is 1. The summed E-state index contributed by atoms with van der Waals surface area (Å²) < 4.78 is 0. The summed E-state index contributed by atoms with van der Waals surface area (Å²) in [4.78, 5) is 35.6. The zero-order chi connectivity index (χ0) is 20.7. The lowest BCUT2D eigenvalue weighted by Crippen LogP contribution is -2.17. The zero-order valence-electron chi connectivity index (χ0n) is 14.9. The fourth-order valence-corrected chi connectivity index (χ4v) is 3.49. The largest absolute Gasteiger partial charge is 0.506 e. The normalized spacial score (nSPS) is 14.6. The summed E-state index contributed by atoms with van der Waals surface area (Å²) in [6.07, 6.45) is 2.91. The molecule has 0 amide bonds. The molecule has 3 aromatic rings. The van der Waals surface area contributed by atoms with Crippen LogP contribution in [0, 0.1) is 0 Å². The molecule has 0 fully saturated rings. The van der Waals surface area contributed by atoms with Crippen molar-refractivity contribution in [3.8, 4) is 5.75 Å². The smallest absolute Gasteiger partial charge is 0.339 e. The summed E-state index contributed by atoms with van der Waals surface area (Å²) in [5.74, 6) is -3.53. The molecule has 1 aliphatic rings. The Labute approximate surface area is 164 Å². The Bertz CT molecular complexity index is 1280. The lowest BCUT2D eigenvalue weighted by Gasteiger charge is -2.17. The number of carbonyl (C=O) groups is 3. The van der Waals surface area contributed by atoms with Gasteiger partial charge in [0.05, 0.1) is 0 Å². The minimum Gasteiger partial charge on any atom is -0.506 e. The Kier molecular flexibility index (Phi) is 4.24. The first-order chi connectivity index (χ1) is 13.9. The van der Waals surface area contributed by atoms with Crippen molar-refractivity contribution in [2.24, 2.45) is 0 Å². The Morgan fingerprint density at radius 1 is 0.828 bits per heavy atom. The maximum Gasteiger partial charge on any atom is 0.339 e. The molecule has 6 nitrogen and oxygen atoms in total. The number of rotatable bonds is 3. The fourth-order valence-electron chi connectivity index (χ4n) is 3.49. The number of hydrogen-bond donors (Lipinski definition) is 3. The van der Waals surface area contributed by atoms with Crippen molar-refractivity contribution in [3.05, 3.63) is 88.5 Å². The van der Waals surface area contributed by atoms with Crippen molar-refractivity contribution in [2.75, 3.05) is 0 Å². The molecule has 0 unspecified atom stereocenters. The van der Waals surface area contributed by atoms with Crippen LogP contribution in [0.4, 0.5) is 0 Å². The molecular weight excluding hydrogens is 372 g/mol. The highest BCUT2D eigenvalue weighted by Crippen LogP contribution is 2.36. The molecule has 0 heterocycles. The molecule has 1 aliphatic carbocycles. The van der Waals surface area contributed by atoms with Crippen LogP contribution in [-0.2, 0) is 4.79 Å². The number of carbonyl (C=O) groups excluding carboxylic acids is 1. The number of hydrogen-bond acceptors (Lipinski definition) is 4. The number of aromatic carboxylic acids is 1. The summed E-state index contributed by atoms with van der Waals surface area (Å²) >= 11 is 0. The van der Waals surface area contributed by atoms with E-state index in [1.165, 1.54) is 12.1 Å². The van der Waals surface area contributed by atoms with E-state index in [1.807, 2.05) is 0 Å². The highest BCUT2D eigenvalue weighted by atomic mass is 16.4. The summed E-state index contributed by atoms with van der Waals surface area (Å²) in [7, 11) is 0. The molecule has 3 aromatic carbocycles. The number of aliphatic carboxylic acids is 1. The van der Waals surface area contributed by atoms with E-state index in [4.69, 9.17) is 0 Å². The van der Waals surface area contributed by atoms with E-state index in [-0.39, 0.29) is 22.4 Å². The van der Waals surface area contributed by atoms with Crippen LogP contribution in [0.3, 0.4) is 0 Å². The van der Waals surface area contributed by atoms with Gasteiger partial charge in [-0.05, 0) is 40.3 Å². The SMILES string of the molecule is O=C(O)C1=CC(=Cc2cc(C(=O)O)c(O)c3ccccc23)c2ccccc2C1=O. The van der Waals surface area contributed by atoms with Crippen molar-refractivity contribution in [2.45, 2.75) is 0 Å². The van der Waals surface area contributed by atoms with Gasteiger partial charge in [0.2, 0.25) is 5.78 Å². The van der Waals surface area contributed by atoms with E-state index >= 15 is 0 Å². The third-order valence-electron chi connectivity index (χ3n) is 4.85. The topological polar surface area (TPSA) is 112 Å². The van der Waals surface area contributed by atoms with Gasteiger partial charge in [-0.25, -0.2) is 9.59 Å². The predicted molar refractivity (Wildman–Crippen MR) is 107 cm³/mol. The van der Waals surface area contributed by atoms with Crippen LogP contribution in [0.5, 0.6) is 5.75 Å². The van der Waals surface area contributed by atoms with Crippen molar-refractivity contribution in [3.63, 3.8) is 0 Å². The second kappa shape index (κ2) is 6.76. The van der Waals surface area contributed by atoms with E-state index in [9.17, 15) is 29.7 Å². The standard InChI is InChI=1S/C23H14O6/c24-20-16-7-3-1-5-14(16)12(10-18(20)22(26)27)9-13-11-19(23(28)29)21(25)17-8-4-2-6-15(13)17/h1-11,24H,(H,26,27)(H,28,29). The van der Waals surface area contributed by atoms with Gasteiger partial charge >= 0.3 is 11.9 Å². The van der Waals surface area contributed by atoms with Crippen LogP contribution >= 0.6 is 0 Å². The number of Topliss-reactive ketones (excluding diaryl/α,β-unsaturated/α-hetero) is 1. The molecule has 0 saturated carbocycles. The molecule has 0 aromatic heterocycles. The Morgan fingerprint density at radius 3 is 2.10 bits per heavy atom. The van der Waals surface area contributed by atoms with E-state index in [1.54, 1.807) is 54.6 Å². The molecule has 0 radical (unpaired) electrons. The highest BCUT2D eigenvalue weighted by Gasteiger charge is 2.27. The third-order valence-corrected chi connectivity index (χ3v) is 4.85. The molecule has 0 aliphatic heterocycles. The fraction of sp³-hybridized carbons (Fsp3) is 0.